The summed E-state index contributed by atoms with van der Waals surface area (Å²) in [7, 11) is 0. The number of aryl methyl sites for hydroxylation is 1. The zero-order valence-corrected chi connectivity index (χ0v) is 11.8. The summed E-state index contributed by atoms with van der Waals surface area (Å²) in [5.41, 5.74) is 1.08. The lowest BCUT2D eigenvalue weighted by Crippen LogP contribution is -2.35. The Balaban J connectivity index is 1.98. The molecule has 116 valence electrons. The molecule has 1 saturated carbocycles. The third-order valence-corrected chi connectivity index (χ3v) is 4.34. The number of hydrogen-bond acceptors (Lipinski definition) is 4. The molecule has 2 rings (SSSR count). The van der Waals surface area contributed by atoms with Crippen LogP contribution in [0.3, 0.4) is 0 Å². The van der Waals surface area contributed by atoms with Gasteiger partial charge in [0, 0.05) is 11.8 Å². The van der Waals surface area contributed by atoms with Crippen molar-refractivity contribution in [2.45, 2.75) is 44.0 Å². The fourth-order valence-corrected chi connectivity index (χ4v) is 3.29. The molecular weight excluding hydrogens is 272 g/mol. The quantitative estimate of drug-likeness (QED) is 0.622. The SMILES string of the molecule is O=C(O)C[C@@H]1[C@H](C(O)CCc2ccccc2)[C@H](O)C[C@@H]1O. The summed E-state index contributed by atoms with van der Waals surface area (Å²) in [6.07, 6.45) is -1.55. The molecule has 5 heteroatoms. The Morgan fingerprint density at radius 2 is 1.86 bits per heavy atom. The van der Waals surface area contributed by atoms with Gasteiger partial charge in [0.15, 0.2) is 0 Å². The molecule has 1 fully saturated rings. The molecule has 0 spiro atoms. The molecule has 5 atom stereocenters. The summed E-state index contributed by atoms with van der Waals surface area (Å²) in [5, 5.41) is 39.1. The summed E-state index contributed by atoms with van der Waals surface area (Å²) >= 11 is 0. The van der Waals surface area contributed by atoms with Crippen LogP contribution < -0.4 is 0 Å². The van der Waals surface area contributed by atoms with Crippen molar-refractivity contribution in [1.29, 1.82) is 0 Å². The van der Waals surface area contributed by atoms with E-state index in [2.05, 4.69) is 0 Å². The summed E-state index contributed by atoms with van der Waals surface area (Å²) in [5.74, 6) is -2.20. The molecule has 1 unspecified atom stereocenters. The van der Waals surface area contributed by atoms with Crippen LogP contribution >= 0.6 is 0 Å². The minimum Gasteiger partial charge on any atom is -0.481 e. The highest BCUT2D eigenvalue weighted by molar-refractivity contribution is 5.67. The lowest BCUT2D eigenvalue weighted by atomic mass is 9.84. The van der Waals surface area contributed by atoms with Gasteiger partial charge in [-0.2, -0.15) is 0 Å². The highest BCUT2D eigenvalue weighted by Crippen LogP contribution is 2.38. The first-order valence-electron chi connectivity index (χ1n) is 7.29. The Hall–Kier alpha value is -1.43. The summed E-state index contributed by atoms with van der Waals surface area (Å²) in [4.78, 5) is 10.9. The minimum atomic E-state index is -1.02. The Kier molecular flexibility index (Phi) is 5.33. The van der Waals surface area contributed by atoms with Crippen molar-refractivity contribution in [2.24, 2.45) is 11.8 Å². The molecule has 0 radical (unpaired) electrons. The third kappa shape index (κ3) is 4.03. The zero-order valence-electron chi connectivity index (χ0n) is 11.8. The van der Waals surface area contributed by atoms with E-state index in [0.29, 0.717) is 12.8 Å². The van der Waals surface area contributed by atoms with Crippen molar-refractivity contribution in [1.82, 2.24) is 0 Å². The lowest BCUT2D eigenvalue weighted by molar-refractivity contribution is -0.140. The normalized spacial score (nSPS) is 30.2. The van der Waals surface area contributed by atoms with E-state index in [4.69, 9.17) is 5.11 Å². The van der Waals surface area contributed by atoms with Gasteiger partial charge in [-0.15, -0.1) is 0 Å². The van der Waals surface area contributed by atoms with Crippen LogP contribution in [0, 0.1) is 11.8 Å². The number of benzene rings is 1. The van der Waals surface area contributed by atoms with Gasteiger partial charge in [0.05, 0.1) is 24.7 Å². The zero-order chi connectivity index (χ0) is 15.4. The Morgan fingerprint density at radius 1 is 1.19 bits per heavy atom. The van der Waals surface area contributed by atoms with Crippen molar-refractivity contribution >= 4 is 5.97 Å². The highest BCUT2D eigenvalue weighted by Gasteiger charge is 2.45. The van der Waals surface area contributed by atoms with Crippen LogP contribution in [-0.2, 0) is 11.2 Å². The van der Waals surface area contributed by atoms with Gasteiger partial charge in [0.25, 0.3) is 0 Å². The second-order valence-corrected chi connectivity index (χ2v) is 5.80. The molecule has 21 heavy (non-hydrogen) atoms. The van der Waals surface area contributed by atoms with E-state index in [1.807, 2.05) is 30.3 Å². The van der Waals surface area contributed by atoms with E-state index in [9.17, 15) is 20.1 Å². The van der Waals surface area contributed by atoms with Crippen LogP contribution in [0.25, 0.3) is 0 Å². The number of aliphatic hydroxyl groups excluding tert-OH is 3. The predicted octanol–water partition coefficient (Wildman–Crippen LogP) is 0.813. The smallest absolute Gasteiger partial charge is 0.303 e. The highest BCUT2D eigenvalue weighted by atomic mass is 16.4. The van der Waals surface area contributed by atoms with Gasteiger partial charge < -0.3 is 20.4 Å². The number of rotatable bonds is 6. The van der Waals surface area contributed by atoms with E-state index in [1.54, 1.807) is 0 Å². The topological polar surface area (TPSA) is 98.0 Å². The van der Waals surface area contributed by atoms with E-state index in [0.717, 1.165) is 5.56 Å². The number of aliphatic hydroxyl groups is 3. The van der Waals surface area contributed by atoms with Crippen LogP contribution in [0.2, 0.25) is 0 Å². The van der Waals surface area contributed by atoms with Gasteiger partial charge in [-0.05, 0) is 24.8 Å². The fourth-order valence-electron chi connectivity index (χ4n) is 3.29. The maximum absolute atomic E-state index is 10.9. The van der Waals surface area contributed by atoms with Crippen molar-refractivity contribution < 1.29 is 25.2 Å². The molecule has 1 aromatic carbocycles. The Labute approximate surface area is 123 Å². The standard InChI is InChI=1S/C16H22O5/c17-12(7-6-10-4-2-1-3-5-10)16-11(8-15(20)21)13(18)9-14(16)19/h1-5,11-14,16-19H,6-9H2,(H,20,21)/t11-,12?,13-,14+,16+/m0/s1. The minimum absolute atomic E-state index is 0.130. The molecule has 1 aromatic rings. The van der Waals surface area contributed by atoms with Crippen molar-refractivity contribution in [3.63, 3.8) is 0 Å². The number of carbonyl (C=O) groups is 1. The van der Waals surface area contributed by atoms with Crippen LogP contribution in [0.4, 0.5) is 0 Å². The maximum Gasteiger partial charge on any atom is 0.303 e. The first-order chi connectivity index (χ1) is 9.99. The largest absolute Gasteiger partial charge is 0.481 e. The molecule has 0 aromatic heterocycles. The molecule has 0 bridgehead atoms. The molecular formula is C16H22O5. The van der Waals surface area contributed by atoms with E-state index in [1.165, 1.54) is 0 Å². The van der Waals surface area contributed by atoms with E-state index < -0.39 is 36.1 Å². The Bertz CT molecular complexity index is 461. The van der Waals surface area contributed by atoms with E-state index >= 15 is 0 Å². The summed E-state index contributed by atoms with van der Waals surface area (Å²) in [6.45, 7) is 0. The van der Waals surface area contributed by atoms with Crippen LogP contribution in [-0.4, -0.2) is 44.7 Å². The Morgan fingerprint density at radius 3 is 2.48 bits per heavy atom. The first-order valence-corrected chi connectivity index (χ1v) is 7.29. The maximum atomic E-state index is 10.9. The molecule has 4 N–H and O–H groups in total. The average Bonchev–Trinajstić information content (AvgIpc) is 2.71. The van der Waals surface area contributed by atoms with Crippen LogP contribution in [0.1, 0.15) is 24.8 Å². The van der Waals surface area contributed by atoms with Gasteiger partial charge in [-0.25, -0.2) is 0 Å². The number of carboxylic acids is 1. The lowest BCUT2D eigenvalue weighted by Gasteiger charge is -2.27. The third-order valence-electron chi connectivity index (χ3n) is 4.34. The molecule has 0 amide bonds. The second-order valence-electron chi connectivity index (χ2n) is 5.80. The van der Waals surface area contributed by atoms with Crippen molar-refractivity contribution in [3.8, 4) is 0 Å². The monoisotopic (exact) mass is 294 g/mol. The van der Waals surface area contributed by atoms with E-state index in [-0.39, 0.29) is 12.8 Å². The average molecular weight is 294 g/mol. The van der Waals surface area contributed by atoms with Crippen LogP contribution in [0.15, 0.2) is 30.3 Å². The summed E-state index contributed by atoms with van der Waals surface area (Å²) in [6, 6.07) is 9.68. The molecule has 0 aliphatic heterocycles. The van der Waals surface area contributed by atoms with Gasteiger partial charge in [-0.3, -0.25) is 4.79 Å². The predicted molar refractivity (Wildman–Crippen MR) is 76.6 cm³/mol. The van der Waals surface area contributed by atoms with Gasteiger partial charge in [0.2, 0.25) is 0 Å². The van der Waals surface area contributed by atoms with Gasteiger partial charge in [-0.1, -0.05) is 30.3 Å². The molecule has 5 nitrogen and oxygen atoms in total. The number of carboxylic acid groups (broad SMARTS) is 1. The number of aliphatic carboxylic acids is 1. The van der Waals surface area contributed by atoms with Crippen molar-refractivity contribution in [2.75, 3.05) is 0 Å². The van der Waals surface area contributed by atoms with Gasteiger partial charge >= 0.3 is 5.97 Å². The number of hydrogen-bond donors (Lipinski definition) is 4. The van der Waals surface area contributed by atoms with Crippen molar-refractivity contribution in [3.05, 3.63) is 35.9 Å². The molecule has 1 aliphatic rings. The first kappa shape index (κ1) is 15.9. The van der Waals surface area contributed by atoms with Gasteiger partial charge in [0.1, 0.15) is 0 Å². The molecule has 0 saturated heterocycles. The molecule has 0 heterocycles. The van der Waals surface area contributed by atoms with Crippen LogP contribution in [0.5, 0.6) is 0 Å². The summed E-state index contributed by atoms with van der Waals surface area (Å²) < 4.78 is 0. The fraction of sp³-hybridized carbons (Fsp3) is 0.562. The second kappa shape index (κ2) is 7.02. The molecule has 1 aliphatic carbocycles.